The molecule has 0 aliphatic heterocycles. The van der Waals surface area contributed by atoms with Crippen molar-refractivity contribution >= 4 is 43.9 Å². The molecule has 11 rings (SSSR count). The maximum Gasteiger partial charge on any atom is 0.164 e. The van der Waals surface area contributed by atoms with Gasteiger partial charge in [-0.25, -0.2) is 19.9 Å². The van der Waals surface area contributed by atoms with E-state index in [2.05, 4.69) is 120 Å². The molecule has 0 radical (unpaired) electrons. The van der Waals surface area contributed by atoms with Crippen LogP contribution in [-0.4, -0.2) is 24.5 Å². The van der Waals surface area contributed by atoms with Crippen LogP contribution in [-0.2, 0) is 0 Å². The summed E-state index contributed by atoms with van der Waals surface area (Å²) in [5, 5.41) is 3.00. The van der Waals surface area contributed by atoms with Crippen LogP contribution in [0, 0.1) is 0 Å². The molecule has 0 saturated carbocycles. The van der Waals surface area contributed by atoms with E-state index in [1.807, 2.05) is 72.8 Å². The van der Waals surface area contributed by atoms with Gasteiger partial charge in [0, 0.05) is 33.3 Å². The fraction of sp³-hybridized carbons (Fsp3) is 0. The molecular formula is C50H31N5O. The lowest BCUT2D eigenvalue weighted by molar-refractivity contribution is 0.676. The van der Waals surface area contributed by atoms with E-state index in [0.717, 1.165) is 88.6 Å². The molecule has 7 aromatic carbocycles. The lowest BCUT2D eigenvalue weighted by Gasteiger charge is -2.13. The summed E-state index contributed by atoms with van der Waals surface area (Å²) in [7, 11) is 0. The van der Waals surface area contributed by atoms with Crippen molar-refractivity contribution in [2.75, 3.05) is 0 Å². The predicted octanol–water partition coefficient (Wildman–Crippen LogP) is 12.6. The summed E-state index contributed by atoms with van der Waals surface area (Å²) in [5.74, 6) is 1.88. The maximum absolute atomic E-state index is 7.12. The number of para-hydroxylation sites is 2. The molecule has 56 heavy (non-hydrogen) atoms. The summed E-state index contributed by atoms with van der Waals surface area (Å²) in [5.41, 5.74) is 12.4. The van der Waals surface area contributed by atoms with Crippen LogP contribution in [0.2, 0.25) is 0 Å². The zero-order chi connectivity index (χ0) is 37.0. The maximum atomic E-state index is 7.12. The highest BCUT2D eigenvalue weighted by molar-refractivity contribution is 6.26. The average molecular weight is 718 g/mol. The summed E-state index contributed by atoms with van der Waals surface area (Å²) >= 11 is 0. The molecule has 0 atom stereocenters. The SMILES string of the molecule is c1ccc(-c2nc(-c3ccccc3)nc(-c3ccc(-c4cccc5nc(-c6ccccc6)c6c(oc7c8ccccc8n(-c8ccccc8)c76)c45)cc3)n2)cc1. The van der Waals surface area contributed by atoms with E-state index in [9.17, 15) is 0 Å². The summed E-state index contributed by atoms with van der Waals surface area (Å²) in [4.78, 5) is 20.2. The van der Waals surface area contributed by atoms with Crippen LogP contribution in [0.1, 0.15) is 0 Å². The highest BCUT2D eigenvalue weighted by atomic mass is 16.3. The van der Waals surface area contributed by atoms with Crippen LogP contribution in [0.4, 0.5) is 0 Å². The molecule has 6 heteroatoms. The monoisotopic (exact) mass is 717 g/mol. The molecular weight excluding hydrogens is 687 g/mol. The van der Waals surface area contributed by atoms with Crippen LogP contribution in [0.25, 0.3) is 106 Å². The number of rotatable bonds is 6. The van der Waals surface area contributed by atoms with E-state index in [0.29, 0.717) is 17.5 Å². The Morgan fingerprint density at radius 2 is 0.893 bits per heavy atom. The highest BCUT2D eigenvalue weighted by Gasteiger charge is 2.26. The molecule has 262 valence electrons. The number of fused-ring (bicyclic) bond motifs is 7. The second-order valence-electron chi connectivity index (χ2n) is 13.8. The van der Waals surface area contributed by atoms with Gasteiger partial charge in [-0.2, -0.15) is 0 Å². The van der Waals surface area contributed by atoms with Gasteiger partial charge >= 0.3 is 0 Å². The van der Waals surface area contributed by atoms with Gasteiger partial charge in [-0.3, -0.25) is 0 Å². The van der Waals surface area contributed by atoms with E-state index in [4.69, 9.17) is 24.4 Å². The first-order valence-electron chi connectivity index (χ1n) is 18.7. The minimum atomic E-state index is 0.612. The van der Waals surface area contributed by atoms with Crippen LogP contribution in [0.5, 0.6) is 0 Å². The van der Waals surface area contributed by atoms with E-state index in [1.54, 1.807) is 0 Å². The summed E-state index contributed by atoms with van der Waals surface area (Å²) in [6, 6.07) is 64.2. The number of nitrogens with zero attached hydrogens (tertiary/aromatic N) is 5. The Morgan fingerprint density at radius 3 is 1.52 bits per heavy atom. The van der Waals surface area contributed by atoms with Gasteiger partial charge in [0.2, 0.25) is 0 Å². The molecule has 11 aromatic rings. The third-order valence-corrected chi connectivity index (χ3v) is 10.4. The second kappa shape index (κ2) is 13.0. The molecule has 0 aliphatic rings. The van der Waals surface area contributed by atoms with Gasteiger partial charge in [-0.15, -0.1) is 0 Å². The van der Waals surface area contributed by atoms with Crippen LogP contribution >= 0.6 is 0 Å². The van der Waals surface area contributed by atoms with Crippen molar-refractivity contribution in [3.05, 3.63) is 188 Å². The van der Waals surface area contributed by atoms with Crippen molar-refractivity contribution in [3.63, 3.8) is 0 Å². The van der Waals surface area contributed by atoms with Crippen molar-refractivity contribution in [1.82, 2.24) is 24.5 Å². The molecule has 0 saturated heterocycles. The van der Waals surface area contributed by atoms with Gasteiger partial charge in [0.1, 0.15) is 11.1 Å². The normalized spacial score (nSPS) is 11.6. The van der Waals surface area contributed by atoms with Crippen molar-refractivity contribution in [3.8, 4) is 62.2 Å². The molecule has 0 amide bonds. The molecule has 0 fully saturated rings. The van der Waals surface area contributed by atoms with E-state index in [-0.39, 0.29) is 0 Å². The quantitative estimate of drug-likeness (QED) is 0.171. The number of pyridine rings is 1. The second-order valence-corrected chi connectivity index (χ2v) is 13.8. The largest absolute Gasteiger partial charge is 0.453 e. The van der Waals surface area contributed by atoms with Crippen LogP contribution < -0.4 is 0 Å². The Labute approximate surface area is 322 Å². The van der Waals surface area contributed by atoms with Gasteiger partial charge in [-0.1, -0.05) is 158 Å². The summed E-state index contributed by atoms with van der Waals surface area (Å²) in [6.45, 7) is 0. The first kappa shape index (κ1) is 31.8. The number of benzene rings is 7. The number of aromatic nitrogens is 5. The van der Waals surface area contributed by atoms with E-state index < -0.39 is 0 Å². The Balaban J connectivity index is 1.13. The topological polar surface area (TPSA) is 69.6 Å². The lowest BCUT2D eigenvalue weighted by atomic mass is 9.96. The summed E-state index contributed by atoms with van der Waals surface area (Å²) in [6.07, 6.45) is 0. The van der Waals surface area contributed by atoms with Gasteiger partial charge < -0.3 is 8.98 Å². The molecule has 0 spiro atoms. The van der Waals surface area contributed by atoms with E-state index in [1.165, 1.54) is 0 Å². The Kier molecular flexibility index (Phi) is 7.38. The highest BCUT2D eigenvalue weighted by Crippen LogP contribution is 2.46. The first-order chi connectivity index (χ1) is 27.8. The molecule has 0 aliphatic carbocycles. The van der Waals surface area contributed by atoms with Crippen LogP contribution in [0.3, 0.4) is 0 Å². The number of hydrogen-bond donors (Lipinski definition) is 0. The van der Waals surface area contributed by atoms with Crippen molar-refractivity contribution in [2.45, 2.75) is 0 Å². The van der Waals surface area contributed by atoms with Crippen molar-refractivity contribution < 1.29 is 4.42 Å². The fourth-order valence-corrected chi connectivity index (χ4v) is 7.87. The van der Waals surface area contributed by atoms with Crippen molar-refractivity contribution in [2.24, 2.45) is 0 Å². The van der Waals surface area contributed by atoms with Gasteiger partial charge in [0.05, 0.1) is 27.5 Å². The Bertz CT molecular complexity index is 3150. The molecule has 4 heterocycles. The molecule has 0 bridgehead atoms. The van der Waals surface area contributed by atoms with Gasteiger partial charge in [0.25, 0.3) is 0 Å². The minimum absolute atomic E-state index is 0.612. The molecule has 6 nitrogen and oxygen atoms in total. The summed E-state index contributed by atoms with van der Waals surface area (Å²) < 4.78 is 9.44. The zero-order valence-corrected chi connectivity index (χ0v) is 30.0. The smallest absolute Gasteiger partial charge is 0.164 e. The molecule has 0 unspecified atom stereocenters. The van der Waals surface area contributed by atoms with Gasteiger partial charge in [-0.05, 0) is 41.5 Å². The van der Waals surface area contributed by atoms with Crippen LogP contribution in [0.15, 0.2) is 192 Å². The third-order valence-electron chi connectivity index (χ3n) is 10.4. The van der Waals surface area contributed by atoms with Crippen molar-refractivity contribution in [1.29, 1.82) is 0 Å². The van der Waals surface area contributed by atoms with Gasteiger partial charge in [0.15, 0.2) is 23.1 Å². The number of hydrogen-bond acceptors (Lipinski definition) is 5. The zero-order valence-electron chi connectivity index (χ0n) is 30.0. The third kappa shape index (κ3) is 5.19. The number of furan rings is 1. The Hall–Kier alpha value is -7.70. The minimum Gasteiger partial charge on any atom is -0.453 e. The standard InChI is InChI=1S/C50H31N5O/c1-5-16-33(17-6-1)44-43-45-46(39-24-13-14-27-41(39)55(45)37-22-11-4-12-23-37)56-47(43)42-38(25-15-26-40(42)51-44)32-28-30-36(31-29-32)50-53-48(34-18-7-2-8-19-34)52-49(54-50)35-20-9-3-10-21-35/h1-31H. The first-order valence-corrected chi connectivity index (χ1v) is 18.7. The predicted molar refractivity (Wildman–Crippen MR) is 226 cm³/mol. The molecule has 0 N–H and O–H groups in total. The fourth-order valence-electron chi connectivity index (χ4n) is 7.87. The van der Waals surface area contributed by atoms with E-state index >= 15 is 0 Å². The Morgan fingerprint density at radius 1 is 0.375 bits per heavy atom. The lowest BCUT2D eigenvalue weighted by Crippen LogP contribution is -2.00. The molecule has 4 aromatic heterocycles. The average Bonchev–Trinajstić information content (AvgIpc) is 3.82.